The van der Waals surface area contributed by atoms with Gasteiger partial charge in [0, 0.05) is 12.8 Å². The number of aliphatic carboxylic acids is 1. The predicted octanol–water partition coefficient (Wildman–Crippen LogP) is 0.372. The lowest BCUT2D eigenvalue weighted by Gasteiger charge is -2.19. The highest BCUT2D eigenvalue weighted by molar-refractivity contribution is 7.91. The molecule has 0 fully saturated rings. The largest absolute Gasteiger partial charge is 0.481 e. The minimum atomic E-state index is -3.56. The Kier molecular flexibility index (Phi) is 9.46. The van der Waals surface area contributed by atoms with Crippen LogP contribution in [-0.2, 0) is 40.2 Å². The van der Waals surface area contributed by atoms with E-state index in [0.717, 1.165) is 12.5 Å². The summed E-state index contributed by atoms with van der Waals surface area (Å²) in [6.07, 6.45) is -0.403. The molecule has 0 aliphatic heterocycles. The molecule has 160 valence electrons. The van der Waals surface area contributed by atoms with Crippen molar-refractivity contribution in [1.29, 1.82) is 0 Å². The van der Waals surface area contributed by atoms with Crippen LogP contribution in [0.15, 0.2) is 30.3 Å². The van der Waals surface area contributed by atoms with Gasteiger partial charge in [-0.15, -0.1) is 0 Å². The Morgan fingerprint density at radius 1 is 1.14 bits per heavy atom. The van der Waals surface area contributed by atoms with Crippen LogP contribution in [-0.4, -0.2) is 61.3 Å². The SMILES string of the molecule is CC(=O)OCC(=O)C(CC(=O)O)NC(=O)C(C)CS(=O)(=O)CCc1ccccc1. The highest BCUT2D eigenvalue weighted by atomic mass is 32.2. The second-order valence-electron chi connectivity index (χ2n) is 6.66. The third-order valence-electron chi connectivity index (χ3n) is 4.00. The molecule has 0 heterocycles. The lowest BCUT2D eigenvalue weighted by Crippen LogP contribution is -2.47. The fourth-order valence-electron chi connectivity index (χ4n) is 2.47. The van der Waals surface area contributed by atoms with Gasteiger partial charge >= 0.3 is 11.9 Å². The van der Waals surface area contributed by atoms with Crippen LogP contribution in [0.25, 0.3) is 0 Å². The summed E-state index contributed by atoms with van der Waals surface area (Å²) in [7, 11) is -3.56. The summed E-state index contributed by atoms with van der Waals surface area (Å²) in [6.45, 7) is 1.78. The van der Waals surface area contributed by atoms with E-state index < -0.39 is 64.2 Å². The number of sulfone groups is 1. The first kappa shape index (κ1) is 24.3. The van der Waals surface area contributed by atoms with E-state index in [0.29, 0.717) is 6.42 Å². The fourth-order valence-corrected chi connectivity index (χ4v) is 4.09. The van der Waals surface area contributed by atoms with Gasteiger partial charge in [0.15, 0.2) is 22.2 Å². The van der Waals surface area contributed by atoms with Crippen LogP contribution in [0.3, 0.4) is 0 Å². The Morgan fingerprint density at radius 2 is 1.76 bits per heavy atom. The van der Waals surface area contributed by atoms with Gasteiger partial charge in [-0.3, -0.25) is 19.2 Å². The van der Waals surface area contributed by atoms with Crippen LogP contribution >= 0.6 is 0 Å². The molecule has 0 aliphatic rings. The Hall–Kier alpha value is -2.75. The predicted molar refractivity (Wildman–Crippen MR) is 104 cm³/mol. The van der Waals surface area contributed by atoms with Crippen LogP contribution in [0.5, 0.6) is 0 Å². The van der Waals surface area contributed by atoms with Gasteiger partial charge in [-0.2, -0.15) is 0 Å². The van der Waals surface area contributed by atoms with E-state index in [1.165, 1.54) is 6.92 Å². The molecule has 1 rings (SSSR count). The molecule has 10 heteroatoms. The number of carboxylic acid groups (broad SMARTS) is 1. The lowest BCUT2D eigenvalue weighted by molar-refractivity contribution is -0.147. The Labute approximate surface area is 169 Å². The molecule has 0 saturated carbocycles. The molecule has 2 unspecified atom stereocenters. The number of hydrogen-bond donors (Lipinski definition) is 2. The van der Waals surface area contributed by atoms with Gasteiger partial charge in [0.25, 0.3) is 0 Å². The van der Waals surface area contributed by atoms with E-state index in [9.17, 15) is 27.6 Å². The van der Waals surface area contributed by atoms with E-state index in [4.69, 9.17) is 5.11 Å². The zero-order valence-corrected chi connectivity index (χ0v) is 17.1. The van der Waals surface area contributed by atoms with Crippen molar-refractivity contribution in [2.75, 3.05) is 18.1 Å². The average molecular weight is 427 g/mol. The standard InChI is InChI=1S/C19H25NO8S/c1-13(12-29(26,27)9-8-15-6-4-3-5-7-15)19(25)20-16(10-18(23)24)17(22)11-28-14(2)21/h3-7,13,16H,8-12H2,1-2H3,(H,20,25)(H,23,24). The number of ether oxygens (including phenoxy) is 1. The minimum absolute atomic E-state index is 0.140. The maximum absolute atomic E-state index is 12.3. The number of carboxylic acids is 1. The van der Waals surface area contributed by atoms with E-state index in [1.54, 1.807) is 24.3 Å². The molecule has 0 aromatic heterocycles. The fraction of sp³-hybridized carbons (Fsp3) is 0.474. The van der Waals surface area contributed by atoms with Gasteiger partial charge in [-0.25, -0.2) is 8.42 Å². The molecule has 0 saturated heterocycles. The zero-order chi connectivity index (χ0) is 22.0. The van der Waals surface area contributed by atoms with Crippen LogP contribution in [0.2, 0.25) is 0 Å². The summed E-state index contributed by atoms with van der Waals surface area (Å²) < 4.78 is 29.1. The minimum Gasteiger partial charge on any atom is -0.481 e. The van der Waals surface area contributed by atoms with Gasteiger partial charge < -0.3 is 15.2 Å². The first-order valence-corrected chi connectivity index (χ1v) is 10.7. The summed E-state index contributed by atoms with van der Waals surface area (Å²) in [5.74, 6) is -5.20. The Balaban J connectivity index is 2.66. The molecule has 1 aromatic rings. The molecular formula is C19H25NO8S. The first-order chi connectivity index (χ1) is 13.5. The smallest absolute Gasteiger partial charge is 0.305 e. The van der Waals surface area contributed by atoms with Crippen molar-refractivity contribution < 1.29 is 37.4 Å². The van der Waals surface area contributed by atoms with Gasteiger partial charge in [-0.05, 0) is 12.0 Å². The van der Waals surface area contributed by atoms with E-state index in [-0.39, 0.29) is 5.75 Å². The maximum atomic E-state index is 12.3. The van der Waals surface area contributed by atoms with Crippen molar-refractivity contribution in [3.05, 3.63) is 35.9 Å². The third kappa shape index (κ3) is 9.84. The Bertz CT molecular complexity index is 835. The molecule has 9 nitrogen and oxygen atoms in total. The summed E-state index contributed by atoms with van der Waals surface area (Å²) in [4.78, 5) is 46.1. The number of Topliss-reactive ketones (excluding diaryl/α,β-unsaturated/α-hetero) is 1. The monoisotopic (exact) mass is 427 g/mol. The van der Waals surface area contributed by atoms with Crippen LogP contribution < -0.4 is 5.32 Å². The van der Waals surface area contributed by atoms with Crippen molar-refractivity contribution in [3.8, 4) is 0 Å². The average Bonchev–Trinajstić information content (AvgIpc) is 2.64. The number of hydrogen-bond acceptors (Lipinski definition) is 7. The zero-order valence-electron chi connectivity index (χ0n) is 16.3. The van der Waals surface area contributed by atoms with E-state index in [1.807, 2.05) is 6.07 Å². The third-order valence-corrected chi connectivity index (χ3v) is 5.83. The number of carbonyl (C=O) groups is 4. The van der Waals surface area contributed by atoms with Gasteiger partial charge in [0.1, 0.15) is 6.04 Å². The summed E-state index contributed by atoms with van der Waals surface area (Å²) in [6, 6.07) is 7.60. The molecule has 0 radical (unpaired) electrons. The van der Waals surface area contributed by atoms with E-state index in [2.05, 4.69) is 10.1 Å². The van der Waals surface area contributed by atoms with Crippen LogP contribution in [0.4, 0.5) is 0 Å². The molecule has 2 atom stereocenters. The second-order valence-corrected chi connectivity index (χ2v) is 8.89. The van der Waals surface area contributed by atoms with Crippen molar-refractivity contribution in [3.63, 3.8) is 0 Å². The molecule has 0 bridgehead atoms. The topological polar surface area (TPSA) is 144 Å². The molecular weight excluding hydrogens is 402 g/mol. The van der Waals surface area contributed by atoms with E-state index >= 15 is 0 Å². The molecule has 2 N–H and O–H groups in total. The maximum Gasteiger partial charge on any atom is 0.305 e. The van der Waals surface area contributed by atoms with Crippen LogP contribution in [0, 0.1) is 5.92 Å². The number of carbonyl (C=O) groups excluding carboxylic acids is 3. The summed E-state index contributed by atoms with van der Waals surface area (Å²) in [5.41, 5.74) is 0.853. The highest BCUT2D eigenvalue weighted by Crippen LogP contribution is 2.08. The molecule has 0 spiro atoms. The normalized spacial score (nSPS) is 13.2. The van der Waals surface area contributed by atoms with Gasteiger partial charge in [0.05, 0.1) is 17.9 Å². The molecule has 1 amide bonds. The number of esters is 1. The van der Waals surface area contributed by atoms with Crippen molar-refractivity contribution in [2.45, 2.75) is 32.7 Å². The highest BCUT2D eigenvalue weighted by Gasteiger charge is 2.28. The van der Waals surface area contributed by atoms with Crippen molar-refractivity contribution in [2.24, 2.45) is 5.92 Å². The van der Waals surface area contributed by atoms with Crippen molar-refractivity contribution in [1.82, 2.24) is 5.32 Å². The number of ketones is 1. The molecule has 0 aliphatic carbocycles. The quantitative estimate of drug-likeness (QED) is 0.455. The number of amides is 1. The summed E-state index contributed by atoms with van der Waals surface area (Å²) in [5, 5.41) is 11.2. The summed E-state index contributed by atoms with van der Waals surface area (Å²) >= 11 is 0. The van der Waals surface area contributed by atoms with Crippen LogP contribution in [0.1, 0.15) is 25.8 Å². The first-order valence-electron chi connectivity index (χ1n) is 8.92. The van der Waals surface area contributed by atoms with Gasteiger partial charge in [0.2, 0.25) is 5.91 Å². The van der Waals surface area contributed by atoms with Crippen molar-refractivity contribution >= 4 is 33.5 Å². The molecule has 29 heavy (non-hydrogen) atoms. The lowest BCUT2D eigenvalue weighted by atomic mass is 10.1. The number of aryl methyl sites for hydroxylation is 1. The number of nitrogens with one attached hydrogen (secondary N) is 1. The molecule has 1 aromatic carbocycles. The number of rotatable bonds is 12. The number of benzene rings is 1. The second kappa shape index (κ2) is 11.3. The van der Waals surface area contributed by atoms with Gasteiger partial charge in [-0.1, -0.05) is 37.3 Å². The Morgan fingerprint density at radius 3 is 2.31 bits per heavy atom.